The van der Waals surface area contributed by atoms with E-state index in [1.54, 1.807) is 24.3 Å². The lowest BCUT2D eigenvalue weighted by atomic mass is 10.2. The molecule has 0 saturated carbocycles. The molecule has 3 aromatic rings. The molecule has 0 atom stereocenters. The molecule has 0 spiro atoms. The smallest absolute Gasteiger partial charge is 0.421 e. The number of anilines is 6. The molecule has 4 N–H and O–H groups in total. The van der Waals surface area contributed by atoms with Crippen LogP contribution in [0.15, 0.2) is 55.3 Å². The number of pyridine rings is 1. The number of carbonyl (C=O) groups is 1. The van der Waals surface area contributed by atoms with Crippen LogP contribution >= 0.6 is 12.8 Å². The van der Waals surface area contributed by atoms with Crippen molar-refractivity contribution in [3.05, 3.63) is 60.8 Å². The molecule has 2 aromatic heterocycles. The number of methoxy groups -OCH3 is 1. The first-order chi connectivity index (χ1) is 19.9. The summed E-state index contributed by atoms with van der Waals surface area (Å²) in [4.78, 5) is 25.8. The fourth-order valence-electron chi connectivity index (χ4n) is 3.94. The zero-order valence-electron chi connectivity index (χ0n) is 22.0. The van der Waals surface area contributed by atoms with Gasteiger partial charge in [0.05, 0.1) is 7.11 Å². The first-order valence-electron chi connectivity index (χ1n) is 12.2. The van der Waals surface area contributed by atoms with Gasteiger partial charge in [0.1, 0.15) is 22.9 Å². The molecule has 18 heteroatoms. The summed E-state index contributed by atoms with van der Waals surface area (Å²) in [6, 6.07) is 9.30. The lowest BCUT2D eigenvalue weighted by Crippen LogP contribution is -2.51. The lowest BCUT2D eigenvalue weighted by molar-refractivity contribution is -0.137. The maximum atomic E-state index is 13.8. The minimum Gasteiger partial charge on any atom is -0.479 e. The van der Waals surface area contributed by atoms with Crippen LogP contribution < -0.4 is 29.7 Å². The van der Waals surface area contributed by atoms with Crippen LogP contribution in [0.2, 0.25) is 0 Å². The van der Waals surface area contributed by atoms with Crippen molar-refractivity contribution >= 4 is 63.6 Å². The maximum absolute atomic E-state index is 13.8. The Bertz CT molecular complexity index is 1570. The monoisotopic (exact) mass is 625 g/mol. The summed E-state index contributed by atoms with van der Waals surface area (Å²) in [6.07, 6.45) is -3.06. The van der Waals surface area contributed by atoms with Crippen molar-refractivity contribution in [1.82, 2.24) is 23.4 Å². The summed E-state index contributed by atoms with van der Waals surface area (Å²) in [5.41, 5.74) is -0.262. The van der Waals surface area contributed by atoms with Crippen LogP contribution in [-0.4, -0.2) is 66.9 Å². The largest absolute Gasteiger partial charge is 0.479 e. The number of amides is 1. The number of rotatable bonds is 10. The van der Waals surface area contributed by atoms with E-state index >= 15 is 0 Å². The average Bonchev–Trinajstić information content (AvgIpc) is 2.97. The normalized spacial score (nSPS) is 14.3. The third-order valence-corrected chi connectivity index (χ3v) is 7.94. The molecule has 42 heavy (non-hydrogen) atoms. The molecular formula is C24H26F3N9O4S2. The third kappa shape index (κ3) is 7.38. The Morgan fingerprint density at radius 2 is 1.81 bits per heavy atom. The van der Waals surface area contributed by atoms with Gasteiger partial charge in [-0.3, -0.25) is 4.79 Å². The average molecular weight is 626 g/mol. The number of hydrogen-bond donors (Lipinski definition) is 5. The first-order valence-corrected chi connectivity index (χ1v) is 14.0. The molecule has 1 aliphatic heterocycles. The lowest BCUT2D eigenvalue weighted by Gasteiger charge is -2.34. The molecular weight excluding hydrogens is 599 g/mol. The van der Waals surface area contributed by atoms with Crippen molar-refractivity contribution in [2.75, 3.05) is 54.1 Å². The van der Waals surface area contributed by atoms with E-state index < -0.39 is 33.7 Å². The van der Waals surface area contributed by atoms with Gasteiger partial charge in [-0.05, 0) is 36.4 Å². The van der Waals surface area contributed by atoms with Crippen LogP contribution in [-0.2, 0) is 21.2 Å². The molecule has 3 heterocycles. The van der Waals surface area contributed by atoms with Gasteiger partial charge in [-0.15, -0.1) is 4.13 Å². The van der Waals surface area contributed by atoms with E-state index in [9.17, 15) is 26.4 Å². The Morgan fingerprint density at radius 3 is 2.45 bits per heavy atom. The molecule has 1 fully saturated rings. The summed E-state index contributed by atoms with van der Waals surface area (Å²) in [7, 11) is -2.30. The molecule has 13 nitrogen and oxygen atoms in total. The molecule has 4 rings (SSSR count). The summed E-state index contributed by atoms with van der Waals surface area (Å²) in [5, 5.41) is 8.00. The topological polar surface area (TPSA) is 154 Å². The zero-order valence-corrected chi connectivity index (χ0v) is 23.7. The highest BCUT2D eigenvalue weighted by atomic mass is 32.3. The number of nitrogens with one attached hydrogen (secondary N) is 4. The van der Waals surface area contributed by atoms with Gasteiger partial charge < -0.3 is 25.6 Å². The molecule has 224 valence electrons. The van der Waals surface area contributed by atoms with Crippen molar-refractivity contribution in [3.63, 3.8) is 0 Å². The Hall–Kier alpha value is -4.13. The van der Waals surface area contributed by atoms with Crippen LogP contribution in [0.1, 0.15) is 5.56 Å². The van der Waals surface area contributed by atoms with Crippen LogP contribution in [0.5, 0.6) is 5.88 Å². The summed E-state index contributed by atoms with van der Waals surface area (Å²) < 4.78 is 73.9. The number of hydrogen-bond acceptors (Lipinski definition) is 11. The summed E-state index contributed by atoms with van der Waals surface area (Å²) in [6.45, 7) is 4.49. The Labute approximate surface area is 244 Å². The number of thiol groups is 1. The van der Waals surface area contributed by atoms with Gasteiger partial charge in [0.2, 0.25) is 17.7 Å². The van der Waals surface area contributed by atoms with Gasteiger partial charge in [0.25, 0.3) is 10.2 Å². The Balaban J connectivity index is 1.55. The van der Waals surface area contributed by atoms with Crippen LogP contribution in [0.25, 0.3) is 0 Å². The molecule has 0 aliphatic carbocycles. The van der Waals surface area contributed by atoms with E-state index in [2.05, 4.69) is 50.3 Å². The standard InChI is InChI=1S/C24H26F3N9O4S2/c1-3-20(37)29-15-5-4-6-16(13-15)30-21-17(24(25,26)27)14-28-23(33-21)31-18-7-8-19(32-22(18)40-2)35-9-11-36(12-10-35)42(38,39)34-41/h3-8,13-14,34,41H,1,9-12H2,2H3,(H,29,37)(H2,28,30,31,33). The first kappa shape index (κ1) is 30.8. The van der Waals surface area contributed by atoms with Gasteiger partial charge in [0, 0.05) is 43.8 Å². The van der Waals surface area contributed by atoms with Crippen molar-refractivity contribution in [1.29, 1.82) is 0 Å². The number of nitrogens with zero attached hydrogens (tertiary/aromatic N) is 5. The molecule has 1 aromatic carbocycles. The molecule has 1 aliphatic rings. The fraction of sp³-hybridized carbons (Fsp3) is 0.250. The van der Waals surface area contributed by atoms with Gasteiger partial charge in [0.15, 0.2) is 0 Å². The van der Waals surface area contributed by atoms with Crippen molar-refractivity contribution in [2.45, 2.75) is 6.18 Å². The number of alkyl halides is 3. The second-order valence-corrected chi connectivity index (χ2v) is 10.9. The molecule has 0 unspecified atom stereocenters. The van der Waals surface area contributed by atoms with E-state index in [0.29, 0.717) is 30.8 Å². The van der Waals surface area contributed by atoms with Crippen LogP contribution in [0.4, 0.5) is 47.8 Å². The van der Waals surface area contributed by atoms with Gasteiger partial charge in [-0.25, -0.2) is 4.98 Å². The van der Waals surface area contributed by atoms with Crippen molar-refractivity contribution < 1.29 is 31.1 Å². The number of halogens is 3. The number of benzene rings is 1. The highest BCUT2D eigenvalue weighted by molar-refractivity contribution is 7.99. The van der Waals surface area contributed by atoms with Crippen molar-refractivity contribution in [3.8, 4) is 5.88 Å². The van der Waals surface area contributed by atoms with E-state index in [4.69, 9.17) is 4.74 Å². The second-order valence-electron chi connectivity index (χ2n) is 8.69. The minimum absolute atomic E-state index is 0.114. The summed E-state index contributed by atoms with van der Waals surface area (Å²) >= 11 is 3.63. The highest BCUT2D eigenvalue weighted by Crippen LogP contribution is 2.36. The molecule has 1 saturated heterocycles. The van der Waals surface area contributed by atoms with Crippen LogP contribution in [0, 0.1) is 0 Å². The van der Waals surface area contributed by atoms with Gasteiger partial charge >= 0.3 is 6.18 Å². The van der Waals surface area contributed by atoms with E-state index in [-0.39, 0.29) is 36.3 Å². The zero-order chi connectivity index (χ0) is 30.5. The molecule has 1 amide bonds. The number of carbonyl (C=O) groups excluding carboxylic acids is 1. The molecule has 0 bridgehead atoms. The number of piperazine rings is 1. The third-order valence-electron chi connectivity index (χ3n) is 5.98. The number of ether oxygens (including phenoxy) is 1. The maximum Gasteiger partial charge on any atom is 0.421 e. The second kappa shape index (κ2) is 12.8. The SMILES string of the molecule is C=CC(=O)Nc1cccc(Nc2nc(Nc3ccc(N4CCN(S(=O)(=O)NS)CC4)nc3OC)ncc2C(F)(F)F)c1. The van der Waals surface area contributed by atoms with Crippen molar-refractivity contribution in [2.24, 2.45) is 0 Å². The summed E-state index contributed by atoms with van der Waals surface area (Å²) in [5.74, 6) is -0.561. The highest BCUT2D eigenvalue weighted by Gasteiger charge is 2.35. The van der Waals surface area contributed by atoms with E-state index in [1.165, 1.54) is 23.5 Å². The fourth-order valence-corrected chi connectivity index (χ4v) is 5.05. The predicted molar refractivity (Wildman–Crippen MR) is 154 cm³/mol. The molecule has 0 radical (unpaired) electrons. The predicted octanol–water partition coefficient (Wildman–Crippen LogP) is 3.31. The van der Waals surface area contributed by atoms with Gasteiger partial charge in [-0.1, -0.05) is 25.5 Å². The number of aromatic nitrogens is 3. The Morgan fingerprint density at radius 1 is 1.10 bits per heavy atom. The van der Waals surface area contributed by atoms with Crippen LogP contribution in [0.3, 0.4) is 0 Å². The van der Waals surface area contributed by atoms with Gasteiger partial charge in [-0.2, -0.15) is 35.9 Å². The van der Waals surface area contributed by atoms with E-state index in [0.717, 1.165) is 6.08 Å². The van der Waals surface area contributed by atoms with E-state index in [1.807, 2.05) is 9.03 Å². The quantitative estimate of drug-likeness (QED) is 0.168. The minimum atomic E-state index is -4.76. The Kier molecular flexibility index (Phi) is 9.40.